The third-order valence-corrected chi connectivity index (χ3v) is 4.98. The summed E-state index contributed by atoms with van der Waals surface area (Å²) in [7, 11) is 1.66. The predicted octanol–water partition coefficient (Wildman–Crippen LogP) is 3.22. The van der Waals surface area contributed by atoms with Gasteiger partial charge in [-0.1, -0.05) is 35.3 Å². The van der Waals surface area contributed by atoms with Crippen molar-refractivity contribution in [2.75, 3.05) is 0 Å². The second-order valence-corrected chi connectivity index (χ2v) is 6.28. The Morgan fingerprint density at radius 1 is 1.38 bits per heavy atom. The highest BCUT2D eigenvalue weighted by Crippen LogP contribution is 2.43. The summed E-state index contributed by atoms with van der Waals surface area (Å²) in [6.45, 7) is 1.78. The first-order chi connectivity index (χ1) is 11.4. The molecule has 0 saturated carbocycles. The summed E-state index contributed by atoms with van der Waals surface area (Å²) in [6, 6.07) is 8.81. The van der Waals surface area contributed by atoms with Gasteiger partial charge in [0.2, 0.25) is 5.88 Å². The molecule has 0 amide bonds. The molecule has 7 heteroatoms. The summed E-state index contributed by atoms with van der Waals surface area (Å²) in [6.07, 6.45) is 0. The largest absolute Gasteiger partial charge is 0.440 e. The van der Waals surface area contributed by atoms with Crippen molar-refractivity contribution in [3.8, 4) is 11.8 Å². The summed E-state index contributed by atoms with van der Waals surface area (Å²) in [5, 5.41) is 10.2. The molecule has 0 aliphatic carbocycles. The van der Waals surface area contributed by atoms with E-state index in [-0.39, 0.29) is 22.0 Å². The number of aryl methyl sites for hydroxylation is 1. The number of nitriles is 1. The lowest BCUT2D eigenvalue weighted by Gasteiger charge is -2.27. The molecule has 0 saturated heterocycles. The first kappa shape index (κ1) is 16.4. The van der Waals surface area contributed by atoms with Gasteiger partial charge in [0.05, 0.1) is 21.5 Å². The van der Waals surface area contributed by atoms with Crippen LogP contribution in [0.4, 0.5) is 0 Å². The standard InChI is InChI=1S/C17H13Cl2N3O2/c1-8-6-12-14(17(23)22(8)2)13(10(7-20)16(21)24-12)9-4-3-5-11(18)15(9)19/h3-6,13H,21H2,1-2H3/t13-/m1/s1. The molecule has 122 valence electrons. The number of benzene rings is 1. The molecule has 5 nitrogen and oxygen atoms in total. The van der Waals surface area contributed by atoms with Crippen molar-refractivity contribution in [2.45, 2.75) is 12.8 Å². The van der Waals surface area contributed by atoms with Crippen molar-refractivity contribution >= 4 is 23.2 Å². The van der Waals surface area contributed by atoms with Crippen molar-refractivity contribution in [3.63, 3.8) is 0 Å². The molecule has 2 N–H and O–H groups in total. The SMILES string of the molecule is Cc1cc2c(c(=O)n1C)[C@H](c1cccc(Cl)c1Cl)C(C#N)=C(N)O2. The number of ether oxygens (including phenoxy) is 1. The van der Waals surface area contributed by atoms with E-state index in [0.29, 0.717) is 27.6 Å². The molecule has 3 rings (SSSR count). The van der Waals surface area contributed by atoms with Crippen LogP contribution in [0.3, 0.4) is 0 Å². The third-order valence-electron chi connectivity index (χ3n) is 4.15. The van der Waals surface area contributed by atoms with Crippen LogP contribution in [0.15, 0.2) is 40.5 Å². The van der Waals surface area contributed by atoms with Crippen molar-refractivity contribution in [1.82, 2.24) is 4.57 Å². The van der Waals surface area contributed by atoms with E-state index in [1.807, 2.05) is 6.07 Å². The Morgan fingerprint density at radius 3 is 2.75 bits per heavy atom. The number of nitrogens with zero attached hydrogens (tertiary/aromatic N) is 2. The molecule has 0 bridgehead atoms. The maximum Gasteiger partial charge on any atom is 0.258 e. The monoisotopic (exact) mass is 361 g/mol. The average molecular weight is 362 g/mol. The van der Waals surface area contributed by atoms with E-state index in [1.165, 1.54) is 4.57 Å². The van der Waals surface area contributed by atoms with Crippen molar-refractivity contribution in [1.29, 1.82) is 5.26 Å². The number of pyridine rings is 1. The molecule has 1 aromatic heterocycles. The Balaban J connectivity index is 2.40. The van der Waals surface area contributed by atoms with Gasteiger partial charge in [-0.25, -0.2) is 0 Å². The van der Waals surface area contributed by atoms with Crippen LogP contribution < -0.4 is 16.0 Å². The Kier molecular flexibility index (Phi) is 4.04. The van der Waals surface area contributed by atoms with Gasteiger partial charge in [-0.3, -0.25) is 4.79 Å². The van der Waals surface area contributed by atoms with E-state index in [0.717, 1.165) is 0 Å². The molecule has 1 aliphatic heterocycles. The van der Waals surface area contributed by atoms with E-state index in [9.17, 15) is 10.1 Å². The highest BCUT2D eigenvalue weighted by molar-refractivity contribution is 6.42. The zero-order valence-electron chi connectivity index (χ0n) is 12.9. The second-order valence-electron chi connectivity index (χ2n) is 5.50. The Bertz CT molecular complexity index is 987. The first-order valence-electron chi connectivity index (χ1n) is 7.08. The van der Waals surface area contributed by atoms with Crippen LogP contribution in [0.25, 0.3) is 0 Å². The van der Waals surface area contributed by atoms with Gasteiger partial charge in [0.1, 0.15) is 17.4 Å². The normalized spacial score (nSPS) is 16.4. The van der Waals surface area contributed by atoms with Crippen LogP contribution >= 0.6 is 23.2 Å². The molecule has 0 radical (unpaired) electrons. The number of fused-ring (bicyclic) bond motifs is 1. The summed E-state index contributed by atoms with van der Waals surface area (Å²) in [5.41, 5.74) is 7.33. The molecule has 2 aromatic rings. The van der Waals surface area contributed by atoms with E-state index in [2.05, 4.69) is 0 Å². The number of aromatic nitrogens is 1. The molecule has 2 heterocycles. The zero-order chi connectivity index (χ0) is 17.6. The molecule has 24 heavy (non-hydrogen) atoms. The summed E-state index contributed by atoms with van der Waals surface area (Å²) >= 11 is 12.4. The Morgan fingerprint density at radius 2 is 2.08 bits per heavy atom. The van der Waals surface area contributed by atoms with Gasteiger partial charge in [0.15, 0.2) is 0 Å². The highest BCUT2D eigenvalue weighted by Gasteiger charge is 2.35. The number of hydrogen-bond acceptors (Lipinski definition) is 4. The maximum atomic E-state index is 12.8. The number of rotatable bonds is 1. The third kappa shape index (κ3) is 2.35. The summed E-state index contributed by atoms with van der Waals surface area (Å²) in [4.78, 5) is 12.8. The fourth-order valence-corrected chi connectivity index (χ4v) is 3.21. The van der Waals surface area contributed by atoms with Crippen molar-refractivity contribution in [3.05, 3.63) is 72.9 Å². The van der Waals surface area contributed by atoms with Gasteiger partial charge in [0.25, 0.3) is 5.56 Å². The molecule has 0 fully saturated rings. The lowest BCUT2D eigenvalue weighted by molar-refractivity contribution is 0.389. The molecular formula is C17H13Cl2N3O2. The van der Waals surface area contributed by atoms with Gasteiger partial charge >= 0.3 is 0 Å². The lowest BCUT2D eigenvalue weighted by atomic mass is 9.84. The number of allylic oxidation sites excluding steroid dienone is 1. The van der Waals surface area contributed by atoms with Gasteiger partial charge in [-0.2, -0.15) is 5.26 Å². The molecular weight excluding hydrogens is 349 g/mol. The minimum Gasteiger partial charge on any atom is -0.440 e. The Labute approximate surface area is 148 Å². The van der Waals surface area contributed by atoms with Crippen LogP contribution in [0, 0.1) is 18.3 Å². The molecule has 1 aromatic carbocycles. The van der Waals surface area contributed by atoms with Gasteiger partial charge < -0.3 is 15.0 Å². The smallest absolute Gasteiger partial charge is 0.258 e. The molecule has 0 spiro atoms. The Hall–Kier alpha value is -2.42. The second kappa shape index (κ2) is 5.90. The first-order valence-corrected chi connectivity index (χ1v) is 7.84. The topological polar surface area (TPSA) is 81.0 Å². The van der Waals surface area contributed by atoms with Crippen LogP contribution in [0.2, 0.25) is 10.0 Å². The molecule has 0 unspecified atom stereocenters. The summed E-state index contributed by atoms with van der Waals surface area (Å²) in [5.74, 6) is -0.448. The fraction of sp³-hybridized carbons (Fsp3) is 0.176. The van der Waals surface area contributed by atoms with Crippen LogP contribution in [0.1, 0.15) is 22.7 Å². The molecule has 1 aliphatic rings. The van der Waals surface area contributed by atoms with Gasteiger partial charge in [-0.05, 0) is 18.6 Å². The fourth-order valence-electron chi connectivity index (χ4n) is 2.79. The minimum absolute atomic E-state index is 0.0429. The van der Waals surface area contributed by atoms with Crippen molar-refractivity contribution < 1.29 is 4.74 Å². The summed E-state index contributed by atoms with van der Waals surface area (Å²) < 4.78 is 7.01. The van der Waals surface area contributed by atoms with Gasteiger partial charge in [-0.15, -0.1) is 0 Å². The van der Waals surface area contributed by atoms with Crippen molar-refractivity contribution in [2.24, 2.45) is 12.8 Å². The van der Waals surface area contributed by atoms with E-state index < -0.39 is 5.92 Å². The molecule has 1 atom stereocenters. The van der Waals surface area contributed by atoms with Crippen LogP contribution in [-0.4, -0.2) is 4.57 Å². The lowest BCUT2D eigenvalue weighted by Crippen LogP contribution is -2.31. The minimum atomic E-state index is -0.732. The average Bonchev–Trinajstić information content (AvgIpc) is 2.54. The number of halogens is 2. The predicted molar refractivity (Wildman–Crippen MR) is 92.2 cm³/mol. The van der Waals surface area contributed by atoms with E-state index in [1.54, 1.807) is 38.2 Å². The maximum absolute atomic E-state index is 12.8. The number of hydrogen-bond donors (Lipinski definition) is 1. The zero-order valence-corrected chi connectivity index (χ0v) is 14.4. The van der Waals surface area contributed by atoms with E-state index >= 15 is 0 Å². The van der Waals surface area contributed by atoms with E-state index in [4.69, 9.17) is 33.7 Å². The quantitative estimate of drug-likeness (QED) is 0.845. The highest BCUT2D eigenvalue weighted by atomic mass is 35.5. The van der Waals surface area contributed by atoms with Gasteiger partial charge in [0, 0.05) is 18.8 Å². The van der Waals surface area contributed by atoms with Crippen LogP contribution in [-0.2, 0) is 7.05 Å². The number of nitrogens with two attached hydrogens (primary N) is 1. The van der Waals surface area contributed by atoms with Crippen LogP contribution in [0.5, 0.6) is 5.75 Å².